The van der Waals surface area contributed by atoms with Crippen LogP contribution in [0.5, 0.6) is 0 Å². The van der Waals surface area contributed by atoms with Gasteiger partial charge in [0.05, 0.1) is 16.9 Å². The summed E-state index contributed by atoms with van der Waals surface area (Å²) in [6, 6.07) is 3.76. The van der Waals surface area contributed by atoms with Crippen molar-refractivity contribution < 1.29 is 37.5 Å². The molecule has 9 heteroatoms. The van der Waals surface area contributed by atoms with Crippen LogP contribution in [0.4, 0.5) is 13.2 Å². The molecule has 2 aliphatic carbocycles. The Balaban J connectivity index is 0.000000302. The van der Waals surface area contributed by atoms with Gasteiger partial charge in [-0.2, -0.15) is 13.2 Å². The second-order valence-corrected chi connectivity index (χ2v) is 9.80. The van der Waals surface area contributed by atoms with E-state index in [2.05, 4.69) is 0 Å². The Kier molecular flexibility index (Phi) is 7.53. The number of ketones is 2. The largest absolute Gasteiger partial charge is 0.481 e. The summed E-state index contributed by atoms with van der Waals surface area (Å²) in [5.74, 6) is -1.11. The number of aliphatic carboxylic acids is 1. The van der Waals surface area contributed by atoms with E-state index in [9.17, 15) is 32.3 Å². The summed E-state index contributed by atoms with van der Waals surface area (Å²) in [7, 11) is 0. The van der Waals surface area contributed by atoms with Gasteiger partial charge in [-0.15, -0.1) is 0 Å². The third-order valence-corrected chi connectivity index (χ3v) is 7.32. The van der Waals surface area contributed by atoms with Gasteiger partial charge in [0.2, 0.25) is 5.91 Å². The van der Waals surface area contributed by atoms with E-state index in [0.29, 0.717) is 44.2 Å². The Bertz CT molecular complexity index is 987. The van der Waals surface area contributed by atoms with E-state index in [1.807, 2.05) is 13.8 Å². The number of amides is 1. The van der Waals surface area contributed by atoms with Crippen molar-refractivity contribution in [1.29, 1.82) is 0 Å². The number of carboxylic acid groups (broad SMARTS) is 1. The van der Waals surface area contributed by atoms with Crippen LogP contribution >= 0.6 is 0 Å². The van der Waals surface area contributed by atoms with Crippen LogP contribution in [0.2, 0.25) is 0 Å². The molecule has 0 radical (unpaired) electrons. The summed E-state index contributed by atoms with van der Waals surface area (Å²) in [6.07, 6.45) is -1.42. The van der Waals surface area contributed by atoms with Gasteiger partial charge in [-0.25, -0.2) is 0 Å². The molecule has 2 unspecified atom stereocenters. The molecule has 1 heterocycles. The molecule has 0 bridgehead atoms. The summed E-state index contributed by atoms with van der Waals surface area (Å²) in [6.45, 7) is 4.55. The highest BCUT2D eigenvalue weighted by molar-refractivity contribution is 5.93. The first-order valence-electron chi connectivity index (χ1n) is 11.6. The van der Waals surface area contributed by atoms with E-state index in [1.165, 1.54) is 6.07 Å². The van der Waals surface area contributed by atoms with Crippen LogP contribution < -0.4 is 0 Å². The molecule has 0 aromatic heterocycles. The molecule has 1 N–H and O–H groups in total. The molecular weight excluding hydrogens is 451 g/mol. The quantitative estimate of drug-likeness (QED) is 0.690. The van der Waals surface area contributed by atoms with Crippen LogP contribution in [0.25, 0.3) is 0 Å². The number of nitrogens with zero attached hydrogens (tertiary/aromatic N) is 1. The van der Waals surface area contributed by atoms with Gasteiger partial charge < -0.3 is 10.0 Å². The van der Waals surface area contributed by atoms with Crippen molar-refractivity contribution in [2.75, 3.05) is 6.54 Å². The van der Waals surface area contributed by atoms with E-state index in [1.54, 1.807) is 4.90 Å². The average molecular weight is 482 g/mol. The van der Waals surface area contributed by atoms with Gasteiger partial charge in [-0.1, -0.05) is 19.9 Å². The van der Waals surface area contributed by atoms with Crippen molar-refractivity contribution >= 4 is 23.4 Å². The van der Waals surface area contributed by atoms with Crippen molar-refractivity contribution in [3.05, 3.63) is 34.9 Å². The number of alkyl halides is 3. The van der Waals surface area contributed by atoms with Gasteiger partial charge in [0.1, 0.15) is 11.6 Å². The van der Waals surface area contributed by atoms with Crippen LogP contribution in [0.3, 0.4) is 0 Å². The molecule has 0 saturated heterocycles. The number of halogens is 3. The third kappa shape index (κ3) is 5.50. The second-order valence-electron chi connectivity index (χ2n) is 9.80. The lowest BCUT2D eigenvalue weighted by molar-refractivity contribution is -0.146. The molecule has 0 spiro atoms. The minimum absolute atomic E-state index is 0.0226. The first-order valence-corrected chi connectivity index (χ1v) is 11.6. The van der Waals surface area contributed by atoms with Crippen LogP contribution in [0.15, 0.2) is 18.2 Å². The fraction of sp³-hybridized carbons (Fsp3) is 0.600. The number of Topliss-reactive ketones (excluding diaryl/α,β-unsaturated/α-hetero) is 2. The number of carboxylic acids is 1. The van der Waals surface area contributed by atoms with Gasteiger partial charge in [0, 0.05) is 38.8 Å². The summed E-state index contributed by atoms with van der Waals surface area (Å²) in [5.41, 5.74) is 0.0296. The van der Waals surface area contributed by atoms with Gasteiger partial charge >= 0.3 is 12.1 Å². The lowest BCUT2D eigenvalue weighted by Crippen LogP contribution is -2.47. The maximum atomic E-state index is 13.2. The molecule has 1 aliphatic heterocycles. The smallest absolute Gasteiger partial charge is 0.416 e. The summed E-state index contributed by atoms with van der Waals surface area (Å²) < 4.78 is 38.9. The monoisotopic (exact) mass is 481 g/mol. The number of fused-ring (bicyclic) bond motifs is 1. The molecule has 3 aliphatic rings. The van der Waals surface area contributed by atoms with Crippen molar-refractivity contribution in [2.24, 2.45) is 17.3 Å². The SMILES string of the molecule is CC(C)C1(C(=O)N2CCc3ccc(C(F)(F)F)cc3C2)CCC(=O)C1.O=C1CCC(C(=O)O)C1. The maximum Gasteiger partial charge on any atom is 0.416 e. The Hall–Kier alpha value is -2.71. The Labute approximate surface area is 196 Å². The Morgan fingerprint density at radius 2 is 1.79 bits per heavy atom. The van der Waals surface area contributed by atoms with Gasteiger partial charge in [0.25, 0.3) is 0 Å². The Morgan fingerprint density at radius 1 is 1.09 bits per heavy atom. The summed E-state index contributed by atoms with van der Waals surface area (Å²) in [5, 5.41) is 8.38. The molecule has 2 atom stereocenters. The molecular formula is C25H30F3NO5. The normalized spacial score (nSPS) is 24.6. The maximum absolute atomic E-state index is 13.2. The zero-order valence-electron chi connectivity index (χ0n) is 19.4. The van der Waals surface area contributed by atoms with Gasteiger partial charge in [-0.05, 0) is 48.4 Å². The summed E-state index contributed by atoms with van der Waals surface area (Å²) in [4.78, 5) is 47.3. The van der Waals surface area contributed by atoms with E-state index in [4.69, 9.17) is 5.11 Å². The van der Waals surface area contributed by atoms with Gasteiger partial charge in [-0.3, -0.25) is 19.2 Å². The molecule has 34 heavy (non-hydrogen) atoms. The summed E-state index contributed by atoms with van der Waals surface area (Å²) >= 11 is 0. The predicted octanol–water partition coefficient (Wildman–Crippen LogP) is 4.43. The molecule has 1 amide bonds. The average Bonchev–Trinajstić information content (AvgIpc) is 3.39. The highest BCUT2D eigenvalue weighted by Crippen LogP contribution is 2.45. The molecule has 1 aromatic rings. The van der Waals surface area contributed by atoms with E-state index in [-0.39, 0.29) is 42.8 Å². The van der Waals surface area contributed by atoms with E-state index in [0.717, 1.165) is 17.7 Å². The standard InChI is InChI=1S/C19H22F3NO2.C6H8O3/c1-12(2)18(7-5-16(24)10-18)17(25)23-8-6-13-3-4-15(19(20,21)22)9-14(13)11-23;7-5-2-1-4(3-5)6(8)9/h3-4,9,12H,5-8,10-11H2,1-2H3;4H,1-3H2,(H,8,9). The number of hydrogen-bond acceptors (Lipinski definition) is 4. The topological polar surface area (TPSA) is 91.8 Å². The van der Waals surface area contributed by atoms with Crippen LogP contribution in [0, 0.1) is 17.3 Å². The fourth-order valence-electron chi connectivity index (χ4n) is 5.06. The van der Waals surface area contributed by atoms with Crippen molar-refractivity contribution in [3.8, 4) is 0 Å². The van der Waals surface area contributed by atoms with Crippen molar-refractivity contribution in [2.45, 2.75) is 71.5 Å². The van der Waals surface area contributed by atoms with Crippen LogP contribution in [-0.2, 0) is 38.3 Å². The third-order valence-electron chi connectivity index (χ3n) is 7.32. The number of carbonyl (C=O) groups is 4. The minimum Gasteiger partial charge on any atom is -0.481 e. The number of carbonyl (C=O) groups excluding carboxylic acids is 3. The zero-order chi connectivity index (χ0) is 25.3. The number of benzene rings is 1. The molecule has 6 nitrogen and oxygen atoms in total. The Morgan fingerprint density at radius 3 is 2.26 bits per heavy atom. The van der Waals surface area contributed by atoms with Gasteiger partial charge in [0.15, 0.2) is 0 Å². The lowest BCUT2D eigenvalue weighted by atomic mass is 9.74. The number of hydrogen-bond donors (Lipinski definition) is 1. The van der Waals surface area contributed by atoms with Crippen molar-refractivity contribution in [1.82, 2.24) is 4.90 Å². The highest BCUT2D eigenvalue weighted by atomic mass is 19.4. The predicted molar refractivity (Wildman–Crippen MR) is 117 cm³/mol. The molecule has 1 aromatic carbocycles. The first kappa shape index (κ1) is 25.9. The van der Waals surface area contributed by atoms with Crippen molar-refractivity contribution in [3.63, 3.8) is 0 Å². The fourth-order valence-corrected chi connectivity index (χ4v) is 5.06. The zero-order valence-corrected chi connectivity index (χ0v) is 19.4. The molecule has 2 fully saturated rings. The first-order chi connectivity index (χ1) is 15.8. The van der Waals surface area contributed by atoms with E-state index < -0.39 is 29.0 Å². The van der Waals surface area contributed by atoms with Crippen LogP contribution in [-0.4, -0.2) is 40.0 Å². The molecule has 2 saturated carbocycles. The highest BCUT2D eigenvalue weighted by Gasteiger charge is 2.49. The molecule has 4 rings (SSSR count). The minimum atomic E-state index is -4.39. The van der Waals surface area contributed by atoms with Crippen LogP contribution in [0.1, 0.15) is 69.1 Å². The lowest BCUT2D eigenvalue weighted by Gasteiger charge is -2.39. The van der Waals surface area contributed by atoms with E-state index >= 15 is 0 Å². The molecule has 186 valence electrons. The number of rotatable bonds is 3. The second kappa shape index (κ2) is 9.88.